The number of methoxy groups -OCH3 is 3. The van der Waals surface area contributed by atoms with Gasteiger partial charge in [-0.25, -0.2) is 0 Å². The van der Waals surface area contributed by atoms with Crippen molar-refractivity contribution in [2.45, 2.75) is 0 Å². The van der Waals surface area contributed by atoms with E-state index < -0.39 is 0 Å². The van der Waals surface area contributed by atoms with E-state index in [2.05, 4.69) is 15.5 Å². The number of hydrogen-bond acceptors (Lipinski definition) is 8. The Morgan fingerprint density at radius 3 is 2.00 bits per heavy atom. The van der Waals surface area contributed by atoms with Gasteiger partial charge in [-0.1, -0.05) is 5.16 Å². The first-order valence-corrected chi connectivity index (χ1v) is 10.3. The standard InChI is InChI=1S/C25H23N3O6/c1-30-19-8-4-16(5-9-19)24-27-25(34-28-24)17-6-10-20(11-7-17)33-15-23(29)26-18-12-21(31-2)14-22(13-18)32-3/h4-14H,15H2,1-3H3,(H,26,29). The zero-order valence-corrected chi connectivity index (χ0v) is 18.9. The third-order valence-corrected chi connectivity index (χ3v) is 4.88. The van der Waals surface area contributed by atoms with Crippen molar-refractivity contribution in [1.82, 2.24) is 10.1 Å². The molecule has 1 N–H and O–H groups in total. The Hall–Kier alpha value is -4.53. The number of hydrogen-bond donors (Lipinski definition) is 1. The lowest BCUT2D eigenvalue weighted by molar-refractivity contribution is -0.118. The summed E-state index contributed by atoms with van der Waals surface area (Å²) in [5.41, 5.74) is 2.09. The number of nitrogens with one attached hydrogen (secondary N) is 1. The molecule has 0 fully saturated rings. The number of carbonyl (C=O) groups is 1. The number of anilines is 1. The first-order chi connectivity index (χ1) is 16.6. The Bertz CT molecular complexity index is 1230. The van der Waals surface area contributed by atoms with E-state index in [1.165, 1.54) is 0 Å². The average molecular weight is 461 g/mol. The minimum absolute atomic E-state index is 0.166. The van der Waals surface area contributed by atoms with Crippen LogP contribution in [0.2, 0.25) is 0 Å². The van der Waals surface area contributed by atoms with Crippen molar-refractivity contribution < 1.29 is 28.3 Å². The molecule has 1 amide bonds. The first-order valence-electron chi connectivity index (χ1n) is 10.3. The monoisotopic (exact) mass is 461 g/mol. The molecule has 0 unspecified atom stereocenters. The molecule has 4 rings (SSSR count). The van der Waals surface area contributed by atoms with E-state index in [-0.39, 0.29) is 12.5 Å². The van der Waals surface area contributed by atoms with Gasteiger partial charge in [0.1, 0.15) is 23.0 Å². The maximum absolute atomic E-state index is 12.3. The van der Waals surface area contributed by atoms with Gasteiger partial charge < -0.3 is 28.8 Å². The fraction of sp³-hybridized carbons (Fsp3) is 0.160. The van der Waals surface area contributed by atoms with Gasteiger partial charge >= 0.3 is 0 Å². The average Bonchev–Trinajstić information content (AvgIpc) is 3.38. The number of aromatic nitrogens is 2. The third-order valence-electron chi connectivity index (χ3n) is 4.88. The first kappa shape index (κ1) is 22.7. The Labute approximate surface area is 196 Å². The van der Waals surface area contributed by atoms with Crippen LogP contribution >= 0.6 is 0 Å². The van der Waals surface area contributed by atoms with Crippen molar-refractivity contribution in [3.8, 4) is 45.8 Å². The van der Waals surface area contributed by atoms with E-state index in [9.17, 15) is 4.79 Å². The molecular weight excluding hydrogens is 438 g/mol. The van der Waals surface area contributed by atoms with E-state index in [0.717, 1.165) is 16.9 Å². The lowest BCUT2D eigenvalue weighted by Crippen LogP contribution is -2.20. The van der Waals surface area contributed by atoms with Crippen LogP contribution in [0.5, 0.6) is 23.0 Å². The number of benzene rings is 3. The van der Waals surface area contributed by atoms with Gasteiger partial charge in [0.15, 0.2) is 6.61 Å². The molecule has 9 heteroatoms. The predicted molar refractivity (Wildman–Crippen MR) is 125 cm³/mol. The molecule has 174 valence electrons. The van der Waals surface area contributed by atoms with Crippen LogP contribution in [0.25, 0.3) is 22.8 Å². The van der Waals surface area contributed by atoms with Crippen molar-refractivity contribution in [3.63, 3.8) is 0 Å². The van der Waals surface area contributed by atoms with Crippen LogP contribution in [0.1, 0.15) is 0 Å². The van der Waals surface area contributed by atoms with Crippen molar-refractivity contribution in [1.29, 1.82) is 0 Å². The zero-order chi connectivity index (χ0) is 23.9. The van der Waals surface area contributed by atoms with Gasteiger partial charge in [0, 0.05) is 35.0 Å². The lowest BCUT2D eigenvalue weighted by atomic mass is 10.2. The number of nitrogens with zero attached hydrogens (tertiary/aromatic N) is 2. The molecule has 0 radical (unpaired) electrons. The number of amides is 1. The van der Waals surface area contributed by atoms with Crippen LogP contribution in [0, 0.1) is 0 Å². The maximum Gasteiger partial charge on any atom is 0.262 e. The van der Waals surface area contributed by atoms with Crippen molar-refractivity contribution in [2.24, 2.45) is 0 Å². The summed E-state index contributed by atoms with van der Waals surface area (Å²) in [4.78, 5) is 16.7. The highest BCUT2D eigenvalue weighted by molar-refractivity contribution is 5.92. The highest BCUT2D eigenvalue weighted by Gasteiger charge is 2.12. The van der Waals surface area contributed by atoms with Gasteiger partial charge in [-0.05, 0) is 48.5 Å². The highest BCUT2D eigenvalue weighted by Crippen LogP contribution is 2.27. The van der Waals surface area contributed by atoms with E-state index in [1.807, 2.05) is 24.3 Å². The zero-order valence-electron chi connectivity index (χ0n) is 18.9. The van der Waals surface area contributed by atoms with Crippen LogP contribution in [-0.2, 0) is 4.79 Å². The van der Waals surface area contributed by atoms with Crippen molar-refractivity contribution in [2.75, 3.05) is 33.3 Å². The molecule has 9 nitrogen and oxygen atoms in total. The Morgan fingerprint density at radius 1 is 0.794 bits per heavy atom. The van der Waals surface area contributed by atoms with Crippen LogP contribution in [0.4, 0.5) is 5.69 Å². The summed E-state index contributed by atoms with van der Waals surface area (Å²) in [5.74, 6) is 2.95. The molecule has 4 aromatic rings. The SMILES string of the molecule is COc1ccc(-c2noc(-c3ccc(OCC(=O)Nc4cc(OC)cc(OC)c4)cc3)n2)cc1. The summed E-state index contributed by atoms with van der Waals surface area (Å²) in [6.07, 6.45) is 0. The molecule has 0 aliphatic carbocycles. The van der Waals surface area contributed by atoms with Crippen LogP contribution in [-0.4, -0.2) is 44.0 Å². The highest BCUT2D eigenvalue weighted by atomic mass is 16.5. The topological polar surface area (TPSA) is 105 Å². The minimum Gasteiger partial charge on any atom is -0.497 e. The largest absolute Gasteiger partial charge is 0.497 e. The van der Waals surface area contributed by atoms with Crippen molar-refractivity contribution >= 4 is 11.6 Å². The summed E-state index contributed by atoms with van der Waals surface area (Å²) in [5, 5.41) is 6.80. The van der Waals surface area contributed by atoms with E-state index in [0.29, 0.717) is 34.7 Å². The van der Waals surface area contributed by atoms with Gasteiger partial charge in [-0.3, -0.25) is 4.79 Å². The molecule has 0 saturated heterocycles. The quantitative estimate of drug-likeness (QED) is 0.390. The van der Waals surface area contributed by atoms with Gasteiger partial charge in [-0.2, -0.15) is 4.98 Å². The second-order valence-electron chi connectivity index (χ2n) is 7.11. The fourth-order valence-corrected chi connectivity index (χ4v) is 3.12. The van der Waals surface area contributed by atoms with E-state index in [4.69, 9.17) is 23.5 Å². The van der Waals surface area contributed by atoms with Crippen LogP contribution < -0.4 is 24.3 Å². The Morgan fingerprint density at radius 2 is 1.38 bits per heavy atom. The summed E-state index contributed by atoms with van der Waals surface area (Å²) in [6, 6.07) is 19.5. The molecule has 0 aliphatic heterocycles. The molecule has 34 heavy (non-hydrogen) atoms. The lowest BCUT2D eigenvalue weighted by Gasteiger charge is -2.10. The van der Waals surface area contributed by atoms with Gasteiger partial charge in [-0.15, -0.1) is 0 Å². The number of rotatable bonds is 9. The van der Waals surface area contributed by atoms with E-state index in [1.54, 1.807) is 63.8 Å². The van der Waals surface area contributed by atoms with Crippen LogP contribution in [0.15, 0.2) is 71.3 Å². The molecule has 1 heterocycles. The molecule has 1 aromatic heterocycles. The Kier molecular flexibility index (Phi) is 6.92. The number of ether oxygens (including phenoxy) is 4. The summed E-state index contributed by atoms with van der Waals surface area (Å²) < 4.78 is 26.6. The molecule has 0 saturated carbocycles. The predicted octanol–water partition coefficient (Wildman–Crippen LogP) is 4.45. The normalized spacial score (nSPS) is 10.4. The van der Waals surface area contributed by atoms with Gasteiger partial charge in [0.25, 0.3) is 11.8 Å². The van der Waals surface area contributed by atoms with E-state index >= 15 is 0 Å². The van der Waals surface area contributed by atoms with Crippen molar-refractivity contribution in [3.05, 3.63) is 66.7 Å². The second kappa shape index (κ2) is 10.4. The maximum atomic E-state index is 12.3. The summed E-state index contributed by atoms with van der Waals surface area (Å²) in [6.45, 7) is -0.166. The summed E-state index contributed by atoms with van der Waals surface area (Å²) in [7, 11) is 4.70. The molecule has 0 atom stereocenters. The molecule has 3 aromatic carbocycles. The fourth-order valence-electron chi connectivity index (χ4n) is 3.12. The third kappa shape index (κ3) is 5.44. The smallest absolute Gasteiger partial charge is 0.262 e. The van der Waals surface area contributed by atoms with Gasteiger partial charge in [0.05, 0.1) is 21.3 Å². The molecule has 0 aliphatic rings. The van der Waals surface area contributed by atoms with Crippen LogP contribution in [0.3, 0.4) is 0 Å². The minimum atomic E-state index is -0.319. The summed E-state index contributed by atoms with van der Waals surface area (Å²) >= 11 is 0. The Balaban J connectivity index is 1.35. The number of carbonyl (C=O) groups excluding carboxylic acids is 1. The molecule has 0 spiro atoms. The van der Waals surface area contributed by atoms with Gasteiger partial charge in [0.2, 0.25) is 5.82 Å². The molecular formula is C25H23N3O6. The second-order valence-corrected chi connectivity index (χ2v) is 7.11. The molecule has 0 bridgehead atoms.